The van der Waals surface area contributed by atoms with Gasteiger partial charge in [0.15, 0.2) is 0 Å². The van der Waals surface area contributed by atoms with Crippen LogP contribution in [0.15, 0.2) is 126 Å². The third kappa shape index (κ3) is 5.39. The molecule has 0 unspecified atom stereocenters. The quantitative estimate of drug-likeness (QED) is 0.188. The molecule has 0 atom stereocenters. The number of ether oxygens (including phenoxy) is 1. The highest BCUT2D eigenvalue weighted by Crippen LogP contribution is 2.35. The van der Waals surface area contributed by atoms with Gasteiger partial charge in [-0.15, -0.1) is 0 Å². The van der Waals surface area contributed by atoms with E-state index >= 15 is 0 Å². The standard InChI is InChI=1S/C39H30N6O4/c1-49-30-17-14-25(15-18-30)22-44-33(46)24-43(39(44)48)23-32-34(29-16-19-31-28(21-29)13-8-20-40-31)38(47)45-37(41-32)35(26-9-4-2-5-10-26)36(42-45)27-11-6-3-7-12-27/h2-21,41H,22-24H2,1H3. The minimum atomic E-state index is -0.433. The van der Waals surface area contributed by atoms with Gasteiger partial charge in [-0.1, -0.05) is 84.9 Å². The molecule has 4 heterocycles. The number of imide groups is 1. The van der Waals surface area contributed by atoms with E-state index in [1.54, 1.807) is 25.4 Å². The van der Waals surface area contributed by atoms with Gasteiger partial charge in [0, 0.05) is 22.8 Å². The third-order valence-electron chi connectivity index (χ3n) is 8.84. The Balaban J connectivity index is 1.28. The summed E-state index contributed by atoms with van der Waals surface area (Å²) in [6.45, 7) is -0.00126. The van der Waals surface area contributed by atoms with Crippen LogP contribution >= 0.6 is 0 Å². The molecule has 0 saturated carbocycles. The SMILES string of the molecule is COc1ccc(CN2C(=O)CN(Cc3[nH]c4c(-c5ccccc5)c(-c5ccccc5)nn4c(=O)c3-c3ccc4ncccc4c3)C2=O)cc1. The molecule has 0 bridgehead atoms. The molecule has 4 aromatic carbocycles. The van der Waals surface area contributed by atoms with Gasteiger partial charge in [0.2, 0.25) is 0 Å². The minimum Gasteiger partial charge on any atom is -0.497 e. The first-order valence-electron chi connectivity index (χ1n) is 15.8. The van der Waals surface area contributed by atoms with Crippen molar-refractivity contribution in [2.24, 2.45) is 0 Å². The molecular formula is C39H30N6O4. The number of aromatic nitrogens is 4. The van der Waals surface area contributed by atoms with E-state index in [9.17, 15) is 14.4 Å². The molecular weight excluding hydrogens is 616 g/mol. The van der Waals surface area contributed by atoms with E-state index in [2.05, 4.69) is 9.97 Å². The number of amides is 3. The fourth-order valence-electron chi connectivity index (χ4n) is 6.42. The summed E-state index contributed by atoms with van der Waals surface area (Å²) in [5.74, 6) is 0.370. The lowest BCUT2D eigenvalue weighted by Crippen LogP contribution is -2.33. The van der Waals surface area contributed by atoms with Crippen LogP contribution in [0.2, 0.25) is 0 Å². The summed E-state index contributed by atoms with van der Waals surface area (Å²) in [7, 11) is 1.58. The molecule has 8 rings (SSSR count). The largest absolute Gasteiger partial charge is 0.497 e. The molecule has 1 aliphatic rings. The van der Waals surface area contributed by atoms with E-state index in [0.717, 1.165) is 33.2 Å². The summed E-state index contributed by atoms with van der Waals surface area (Å²) in [4.78, 5) is 52.4. The predicted octanol–water partition coefficient (Wildman–Crippen LogP) is 6.54. The molecule has 10 nitrogen and oxygen atoms in total. The molecule has 1 aliphatic heterocycles. The Kier molecular flexibility index (Phi) is 7.45. The van der Waals surface area contributed by atoms with E-state index in [1.165, 1.54) is 14.3 Å². The van der Waals surface area contributed by atoms with Crippen LogP contribution in [-0.2, 0) is 17.9 Å². The number of rotatable bonds is 8. The van der Waals surface area contributed by atoms with Crippen molar-refractivity contribution < 1.29 is 14.3 Å². The highest BCUT2D eigenvalue weighted by molar-refractivity contribution is 6.02. The Morgan fingerprint density at radius 2 is 1.49 bits per heavy atom. The second kappa shape index (κ2) is 12.2. The molecule has 3 amide bonds. The highest BCUT2D eigenvalue weighted by Gasteiger charge is 2.37. The van der Waals surface area contributed by atoms with Crippen LogP contribution in [0.1, 0.15) is 11.3 Å². The van der Waals surface area contributed by atoms with Crippen molar-refractivity contribution in [3.05, 3.63) is 143 Å². The number of urea groups is 1. The van der Waals surface area contributed by atoms with E-state index in [-0.39, 0.29) is 31.1 Å². The molecule has 1 saturated heterocycles. The number of nitrogens with zero attached hydrogens (tertiary/aromatic N) is 5. The number of aromatic amines is 1. The van der Waals surface area contributed by atoms with Crippen molar-refractivity contribution >= 4 is 28.5 Å². The minimum absolute atomic E-state index is 0.00405. The molecule has 240 valence electrons. The Hall–Kier alpha value is -6.55. The van der Waals surface area contributed by atoms with E-state index in [1.807, 2.05) is 103 Å². The number of methoxy groups -OCH3 is 1. The number of benzene rings is 4. The second-order valence-electron chi connectivity index (χ2n) is 11.9. The first-order valence-corrected chi connectivity index (χ1v) is 15.8. The van der Waals surface area contributed by atoms with Crippen LogP contribution in [0.3, 0.4) is 0 Å². The maximum atomic E-state index is 14.7. The Labute approximate surface area is 280 Å². The molecule has 3 aromatic heterocycles. The normalized spacial score (nSPS) is 13.2. The Bertz CT molecular complexity index is 2420. The number of H-pyrrole nitrogens is 1. The summed E-state index contributed by atoms with van der Waals surface area (Å²) in [6, 6.07) is 35.7. The fourth-order valence-corrected chi connectivity index (χ4v) is 6.42. The van der Waals surface area contributed by atoms with Crippen molar-refractivity contribution in [2.45, 2.75) is 13.1 Å². The van der Waals surface area contributed by atoms with Gasteiger partial charge in [-0.05, 0) is 47.0 Å². The van der Waals surface area contributed by atoms with Gasteiger partial charge < -0.3 is 14.6 Å². The van der Waals surface area contributed by atoms with Gasteiger partial charge in [-0.25, -0.2) is 4.79 Å². The lowest BCUT2D eigenvalue weighted by molar-refractivity contribution is -0.125. The van der Waals surface area contributed by atoms with Gasteiger partial charge in [0.25, 0.3) is 11.5 Å². The Morgan fingerprint density at radius 1 is 0.755 bits per heavy atom. The summed E-state index contributed by atoms with van der Waals surface area (Å²) >= 11 is 0. The number of nitrogens with one attached hydrogen (secondary N) is 1. The molecule has 1 fully saturated rings. The average Bonchev–Trinajstić information content (AvgIpc) is 3.65. The van der Waals surface area contributed by atoms with Crippen LogP contribution in [0.5, 0.6) is 5.75 Å². The summed E-state index contributed by atoms with van der Waals surface area (Å²) < 4.78 is 6.65. The van der Waals surface area contributed by atoms with Crippen molar-refractivity contribution in [1.82, 2.24) is 29.4 Å². The van der Waals surface area contributed by atoms with Crippen LogP contribution in [0, 0.1) is 0 Å². The monoisotopic (exact) mass is 646 g/mol. The number of carbonyl (C=O) groups excluding carboxylic acids is 2. The van der Waals surface area contributed by atoms with E-state index in [0.29, 0.717) is 33.9 Å². The maximum Gasteiger partial charge on any atom is 0.327 e. The van der Waals surface area contributed by atoms with Crippen LogP contribution in [0.25, 0.3) is 50.1 Å². The fraction of sp³-hybridized carbons (Fsp3) is 0.103. The first kappa shape index (κ1) is 29.8. The molecule has 0 spiro atoms. The molecule has 10 heteroatoms. The topological polar surface area (TPSA) is 113 Å². The van der Waals surface area contributed by atoms with Crippen LogP contribution < -0.4 is 10.3 Å². The average molecular weight is 647 g/mol. The lowest BCUT2D eigenvalue weighted by atomic mass is 10.0. The summed E-state index contributed by atoms with van der Waals surface area (Å²) in [6.07, 6.45) is 1.72. The van der Waals surface area contributed by atoms with Crippen molar-refractivity contribution in [3.63, 3.8) is 0 Å². The van der Waals surface area contributed by atoms with Gasteiger partial charge in [-0.2, -0.15) is 9.61 Å². The molecule has 0 aliphatic carbocycles. The summed E-state index contributed by atoms with van der Waals surface area (Å²) in [5.41, 5.74) is 6.34. The molecule has 7 aromatic rings. The van der Waals surface area contributed by atoms with Gasteiger partial charge in [0.05, 0.1) is 36.8 Å². The van der Waals surface area contributed by atoms with Crippen molar-refractivity contribution in [2.75, 3.05) is 13.7 Å². The van der Waals surface area contributed by atoms with E-state index in [4.69, 9.17) is 9.84 Å². The number of pyridine rings is 1. The zero-order chi connectivity index (χ0) is 33.5. The van der Waals surface area contributed by atoms with Gasteiger partial charge in [0.1, 0.15) is 23.6 Å². The smallest absolute Gasteiger partial charge is 0.327 e. The number of carbonyl (C=O) groups is 2. The van der Waals surface area contributed by atoms with Gasteiger partial charge >= 0.3 is 6.03 Å². The first-order chi connectivity index (χ1) is 24.0. The second-order valence-corrected chi connectivity index (χ2v) is 11.9. The predicted molar refractivity (Wildman–Crippen MR) is 187 cm³/mol. The van der Waals surface area contributed by atoms with Crippen LogP contribution in [0.4, 0.5) is 4.79 Å². The van der Waals surface area contributed by atoms with E-state index < -0.39 is 6.03 Å². The zero-order valence-electron chi connectivity index (χ0n) is 26.5. The Morgan fingerprint density at radius 3 is 2.22 bits per heavy atom. The number of hydrogen-bond acceptors (Lipinski definition) is 6. The zero-order valence-corrected chi connectivity index (χ0v) is 26.5. The number of hydrogen-bond donors (Lipinski definition) is 1. The molecule has 0 radical (unpaired) electrons. The highest BCUT2D eigenvalue weighted by atomic mass is 16.5. The van der Waals surface area contributed by atoms with Gasteiger partial charge in [-0.3, -0.25) is 19.5 Å². The maximum absolute atomic E-state index is 14.7. The molecule has 1 N–H and O–H groups in total. The number of fused-ring (bicyclic) bond motifs is 2. The third-order valence-corrected chi connectivity index (χ3v) is 8.84. The van der Waals surface area contributed by atoms with Crippen LogP contribution in [-0.4, -0.2) is 55.0 Å². The van der Waals surface area contributed by atoms with Crippen molar-refractivity contribution in [3.8, 4) is 39.3 Å². The lowest BCUT2D eigenvalue weighted by Gasteiger charge is -2.19. The van der Waals surface area contributed by atoms with Crippen molar-refractivity contribution in [1.29, 1.82) is 0 Å². The molecule has 49 heavy (non-hydrogen) atoms. The summed E-state index contributed by atoms with van der Waals surface area (Å²) in [5, 5.41) is 5.75.